The summed E-state index contributed by atoms with van der Waals surface area (Å²) in [6.45, 7) is 1.24. The third-order valence-corrected chi connectivity index (χ3v) is 4.86. The molecule has 0 spiro atoms. The highest BCUT2D eigenvalue weighted by molar-refractivity contribution is 6.30. The number of nitrogens with zero attached hydrogens (tertiary/aromatic N) is 2. The number of fused-ring (bicyclic) bond motifs is 1. The van der Waals surface area contributed by atoms with E-state index in [2.05, 4.69) is 21.2 Å². The minimum atomic E-state index is -0.311. The molecule has 150 valence electrons. The zero-order valence-electron chi connectivity index (χ0n) is 16.2. The van der Waals surface area contributed by atoms with E-state index in [0.717, 1.165) is 22.2 Å². The first kappa shape index (κ1) is 19.7. The van der Waals surface area contributed by atoms with Gasteiger partial charge in [-0.3, -0.25) is 4.79 Å². The van der Waals surface area contributed by atoms with Crippen molar-refractivity contribution >= 4 is 34.6 Å². The number of para-hydroxylation sites is 2. The van der Waals surface area contributed by atoms with Gasteiger partial charge in [-0.25, -0.2) is 5.43 Å². The number of amides is 1. The van der Waals surface area contributed by atoms with Crippen molar-refractivity contribution in [1.82, 2.24) is 9.99 Å². The van der Waals surface area contributed by atoms with Crippen LogP contribution in [0.2, 0.25) is 5.02 Å². The summed E-state index contributed by atoms with van der Waals surface area (Å²) >= 11 is 5.94. The number of hydrogen-bond donors (Lipinski definition) is 1. The maximum atomic E-state index is 12.2. The van der Waals surface area contributed by atoms with Crippen molar-refractivity contribution in [3.63, 3.8) is 0 Å². The number of nitrogens with one attached hydrogen (secondary N) is 1. The Morgan fingerprint density at radius 3 is 2.67 bits per heavy atom. The van der Waals surface area contributed by atoms with E-state index in [9.17, 15) is 4.79 Å². The number of aromatic nitrogens is 1. The van der Waals surface area contributed by atoms with Crippen molar-refractivity contribution in [1.29, 1.82) is 0 Å². The van der Waals surface area contributed by atoms with Crippen LogP contribution in [0.5, 0.6) is 5.75 Å². The van der Waals surface area contributed by atoms with Gasteiger partial charge in [0, 0.05) is 33.2 Å². The van der Waals surface area contributed by atoms with Gasteiger partial charge in [-0.15, -0.1) is 0 Å². The zero-order chi connectivity index (χ0) is 20.8. The zero-order valence-corrected chi connectivity index (χ0v) is 16.9. The molecule has 1 N–H and O–H groups in total. The molecule has 3 aromatic carbocycles. The number of halogens is 1. The van der Waals surface area contributed by atoms with Gasteiger partial charge in [0.2, 0.25) is 0 Å². The van der Waals surface area contributed by atoms with Crippen molar-refractivity contribution in [2.75, 3.05) is 6.61 Å². The predicted molar refractivity (Wildman–Crippen MR) is 120 cm³/mol. The first-order valence-electron chi connectivity index (χ1n) is 9.55. The highest BCUT2D eigenvalue weighted by Gasteiger charge is 2.08. The SMILES string of the molecule is O=C(N/N=C/c1cn(CCOc2ccccc2)c2ccccc12)c1cccc(Cl)c1. The van der Waals surface area contributed by atoms with E-state index in [-0.39, 0.29) is 5.91 Å². The molecule has 0 aliphatic rings. The van der Waals surface area contributed by atoms with Gasteiger partial charge >= 0.3 is 0 Å². The molecule has 1 aromatic heterocycles. The average molecular weight is 418 g/mol. The number of carbonyl (C=O) groups is 1. The standard InChI is InChI=1S/C24H20ClN3O2/c25-20-8-6-7-18(15-20)24(29)27-26-16-19-17-28(23-12-5-4-11-22(19)23)13-14-30-21-9-2-1-3-10-21/h1-12,15-17H,13-14H2,(H,27,29)/b26-16+. The lowest BCUT2D eigenvalue weighted by Crippen LogP contribution is -2.17. The van der Waals surface area contributed by atoms with E-state index in [1.807, 2.05) is 54.7 Å². The van der Waals surface area contributed by atoms with Gasteiger partial charge in [0.05, 0.1) is 12.8 Å². The quantitative estimate of drug-likeness (QED) is 0.334. The Kier molecular flexibility index (Phi) is 6.11. The summed E-state index contributed by atoms with van der Waals surface area (Å²) in [6, 6.07) is 24.5. The second-order valence-electron chi connectivity index (χ2n) is 6.67. The van der Waals surface area contributed by atoms with Crippen LogP contribution in [0.1, 0.15) is 15.9 Å². The van der Waals surface area contributed by atoms with Crippen molar-refractivity contribution < 1.29 is 9.53 Å². The molecule has 4 aromatic rings. The summed E-state index contributed by atoms with van der Waals surface area (Å²) in [6.07, 6.45) is 3.66. The summed E-state index contributed by atoms with van der Waals surface area (Å²) < 4.78 is 7.94. The lowest BCUT2D eigenvalue weighted by atomic mass is 10.2. The topological polar surface area (TPSA) is 55.6 Å². The number of carbonyl (C=O) groups excluding carboxylic acids is 1. The fourth-order valence-corrected chi connectivity index (χ4v) is 3.39. The molecule has 0 unspecified atom stereocenters. The maximum Gasteiger partial charge on any atom is 0.271 e. The van der Waals surface area contributed by atoms with Gasteiger partial charge in [0.25, 0.3) is 5.91 Å². The largest absolute Gasteiger partial charge is 0.492 e. The van der Waals surface area contributed by atoms with E-state index in [0.29, 0.717) is 23.7 Å². The van der Waals surface area contributed by atoms with Gasteiger partial charge in [0.15, 0.2) is 0 Å². The lowest BCUT2D eigenvalue weighted by molar-refractivity contribution is 0.0955. The monoisotopic (exact) mass is 417 g/mol. The number of hydrazone groups is 1. The van der Waals surface area contributed by atoms with Gasteiger partial charge in [-0.2, -0.15) is 5.10 Å². The molecule has 4 rings (SSSR count). The van der Waals surface area contributed by atoms with Crippen molar-refractivity contribution in [3.8, 4) is 5.75 Å². The number of ether oxygens (including phenoxy) is 1. The van der Waals surface area contributed by atoms with Crippen LogP contribution in [0.4, 0.5) is 0 Å². The Labute approximate surface area is 179 Å². The average Bonchev–Trinajstić information content (AvgIpc) is 3.12. The molecule has 0 bridgehead atoms. The van der Waals surface area contributed by atoms with E-state index < -0.39 is 0 Å². The normalized spacial score (nSPS) is 11.1. The van der Waals surface area contributed by atoms with Crippen LogP contribution in [0.25, 0.3) is 10.9 Å². The molecule has 6 heteroatoms. The van der Waals surface area contributed by atoms with Gasteiger partial charge in [0.1, 0.15) is 12.4 Å². The molecule has 0 aliphatic heterocycles. The van der Waals surface area contributed by atoms with Crippen molar-refractivity contribution in [3.05, 3.63) is 101 Å². The van der Waals surface area contributed by atoms with E-state index in [1.54, 1.807) is 30.5 Å². The van der Waals surface area contributed by atoms with E-state index in [4.69, 9.17) is 16.3 Å². The lowest BCUT2D eigenvalue weighted by Gasteiger charge is -2.08. The Bertz CT molecular complexity index is 1190. The predicted octanol–water partition coefficient (Wildman–Crippen LogP) is 5.14. The molecule has 5 nitrogen and oxygen atoms in total. The number of rotatable bonds is 7. The number of benzene rings is 3. The molecule has 0 saturated carbocycles. The molecule has 0 aliphatic carbocycles. The third-order valence-electron chi connectivity index (χ3n) is 4.62. The Hall–Kier alpha value is -3.57. The van der Waals surface area contributed by atoms with Crippen LogP contribution in [0, 0.1) is 0 Å². The highest BCUT2D eigenvalue weighted by Crippen LogP contribution is 2.20. The molecule has 0 atom stereocenters. The van der Waals surface area contributed by atoms with E-state index in [1.165, 1.54) is 0 Å². The van der Waals surface area contributed by atoms with Crippen LogP contribution in [0.15, 0.2) is 90.2 Å². The van der Waals surface area contributed by atoms with Gasteiger partial charge < -0.3 is 9.30 Å². The molecular weight excluding hydrogens is 398 g/mol. The summed E-state index contributed by atoms with van der Waals surface area (Å²) in [5, 5.41) is 5.69. The Morgan fingerprint density at radius 2 is 1.83 bits per heavy atom. The maximum absolute atomic E-state index is 12.2. The summed E-state index contributed by atoms with van der Waals surface area (Å²) in [5.74, 6) is 0.535. The summed E-state index contributed by atoms with van der Waals surface area (Å²) in [5.41, 5.74) is 5.00. The van der Waals surface area contributed by atoms with Crippen LogP contribution in [-0.2, 0) is 6.54 Å². The fraction of sp³-hybridized carbons (Fsp3) is 0.0833. The van der Waals surface area contributed by atoms with Gasteiger partial charge in [-0.05, 0) is 36.4 Å². The molecular formula is C24H20ClN3O2. The van der Waals surface area contributed by atoms with Crippen molar-refractivity contribution in [2.45, 2.75) is 6.54 Å². The van der Waals surface area contributed by atoms with Crippen LogP contribution >= 0.6 is 11.6 Å². The minimum Gasteiger partial charge on any atom is -0.492 e. The molecule has 0 fully saturated rings. The second-order valence-corrected chi connectivity index (χ2v) is 7.10. The van der Waals surface area contributed by atoms with Crippen molar-refractivity contribution in [2.24, 2.45) is 5.10 Å². The molecule has 30 heavy (non-hydrogen) atoms. The first-order valence-corrected chi connectivity index (χ1v) is 9.93. The molecule has 1 amide bonds. The Balaban J connectivity index is 1.46. The van der Waals surface area contributed by atoms with E-state index >= 15 is 0 Å². The van der Waals surface area contributed by atoms with Gasteiger partial charge in [-0.1, -0.05) is 54.1 Å². The molecule has 0 saturated heterocycles. The highest BCUT2D eigenvalue weighted by atomic mass is 35.5. The van der Waals surface area contributed by atoms with Crippen LogP contribution < -0.4 is 10.2 Å². The van der Waals surface area contributed by atoms with Crippen LogP contribution in [0.3, 0.4) is 0 Å². The Morgan fingerprint density at radius 1 is 1.03 bits per heavy atom. The minimum absolute atomic E-state index is 0.311. The number of hydrogen-bond acceptors (Lipinski definition) is 3. The fourth-order valence-electron chi connectivity index (χ4n) is 3.20. The summed E-state index contributed by atoms with van der Waals surface area (Å²) in [7, 11) is 0. The summed E-state index contributed by atoms with van der Waals surface area (Å²) in [4.78, 5) is 12.2. The first-order chi connectivity index (χ1) is 14.7. The molecule has 1 heterocycles. The smallest absolute Gasteiger partial charge is 0.271 e. The van der Waals surface area contributed by atoms with Crippen LogP contribution in [-0.4, -0.2) is 23.3 Å². The second kappa shape index (κ2) is 9.29. The third kappa shape index (κ3) is 4.70. The molecule has 0 radical (unpaired) electrons.